The van der Waals surface area contributed by atoms with Gasteiger partial charge in [0.25, 0.3) is 5.91 Å². The van der Waals surface area contributed by atoms with Crippen LogP contribution in [-0.2, 0) is 0 Å². The summed E-state index contributed by atoms with van der Waals surface area (Å²) in [6.45, 7) is 0.980. The summed E-state index contributed by atoms with van der Waals surface area (Å²) in [6, 6.07) is 15.0. The number of nitrogens with zero attached hydrogens (tertiary/aromatic N) is 2. The van der Waals surface area contributed by atoms with E-state index in [1.807, 2.05) is 42.5 Å². The minimum Gasteiger partial charge on any atom is -0.486 e. The standard InChI is InChI=1S/C21H19N3O3/c25-21(16-7-8-18(24-13-16)15-4-3-10-22-12-15)23-11-9-17-14-26-19-5-1-2-6-20(19)27-17/h1-8,10,12-13,17H,9,11,14H2,(H,23,25)/t17-/m0/s1. The molecule has 1 aliphatic rings. The first-order valence-electron chi connectivity index (χ1n) is 8.83. The molecule has 2 aromatic heterocycles. The summed E-state index contributed by atoms with van der Waals surface area (Å²) in [5.41, 5.74) is 2.22. The van der Waals surface area contributed by atoms with Crippen molar-refractivity contribution < 1.29 is 14.3 Å². The predicted octanol–water partition coefficient (Wildman–Crippen LogP) is 3.10. The molecule has 1 aliphatic heterocycles. The van der Waals surface area contributed by atoms with Crippen LogP contribution in [-0.4, -0.2) is 35.1 Å². The van der Waals surface area contributed by atoms with Crippen LogP contribution in [0, 0.1) is 0 Å². The number of rotatable bonds is 5. The van der Waals surface area contributed by atoms with E-state index in [4.69, 9.17) is 9.47 Å². The number of pyridine rings is 2. The second-order valence-corrected chi connectivity index (χ2v) is 6.22. The molecule has 0 saturated heterocycles. The van der Waals surface area contributed by atoms with Crippen LogP contribution in [0.25, 0.3) is 11.3 Å². The van der Waals surface area contributed by atoms with Crippen LogP contribution in [0.3, 0.4) is 0 Å². The van der Waals surface area contributed by atoms with Gasteiger partial charge in [-0.3, -0.25) is 14.8 Å². The minimum atomic E-state index is -0.155. The third kappa shape index (κ3) is 4.06. The van der Waals surface area contributed by atoms with Gasteiger partial charge in [0, 0.05) is 37.1 Å². The highest BCUT2D eigenvalue weighted by Crippen LogP contribution is 2.31. The van der Waals surface area contributed by atoms with Crippen molar-refractivity contribution >= 4 is 5.91 Å². The van der Waals surface area contributed by atoms with E-state index in [0.29, 0.717) is 25.1 Å². The SMILES string of the molecule is O=C(NCC[C@H]1COc2ccccc2O1)c1ccc(-c2cccnc2)nc1. The Bertz CT molecular complexity index is 913. The molecular formula is C21H19N3O3. The fourth-order valence-electron chi connectivity index (χ4n) is 2.87. The van der Waals surface area contributed by atoms with E-state index in [1.165, 1.54) is 0 Å². The van der Waals surface area contributed by atoms with Crippen molar-refractivity contribution in [1.29, 1.82) is 0 Å². The fraction of sp³-hybridized carbons (Fsp3) is 0.190. The average molecular weight is 361 g/mol. The Labute approximate surface area is 157 Å². The van der Waals surface area contributed by atoms with Crippen molar-refractivity contribution in [2.45, 2.75) is 12.5 Å². The number of amides is 1. The van der Waals surface area contributed by atoms with E-state index in [2.05, 4.69) is 15.3 Å². The van der Waals surface area contributed by atoms with Gasteiger partial charge in [-0.2, -0.15) is 0 Å². The van der Waals surface area contributed by atoms with Gasteiger partial charge >= 0.3 is 0 Å². The van der Waals surface area contributed by atoms with E-state index >= 15 is 0 Å². The maximum Gasteiger partial charge on any atom is 0.252 e. The quantitative estimate of drug-likeness (QED) is 0.756. The number of carbonyl (C=O) groups is 1. The van der Waals surface area contributed by atoms with Crippen LogP contribution >= 0.6 is 0 Å². The van der Waals surface area contributed by atoms with Crippen molar-refractivity contribution in [2.75, 3.05) is 13.2 Å². The van der Waals surface area contributed by atoms with Crippen molar-refractivity contribution in [2.24, 2.45) is 0 Å². The molecule has 4 rings (SSSR count). The number of benzene rings is 1. The molecule has 3 heterocycles. The number of carbonyl (C=O) groups excluding carboxylic acids is 1. The maximum absolute atomic E-state index is 12.3. The second-order valence-electron chi connectivity index (χ2n) is 6.22. The number of para-hydroxylation sites is 2. The zero-order valence-electron chi connectivity index (χ0n) is 14.7. The highest BCUT2D eigenvalue weighted by Gasteiger charge is 2.20. The van der Waals surface area contributed by atoms with Gasteiger partial charge in [-0.1, -0.05) is 12.1 Å². The Morgan fingerprint density at radius 1 is 1.07 bits per heavy atom. The smallest absolute Gasteiger partial charge is 0.252 e. The first-order valence-corrected chi connectivity index (χ1v) is 8.83. The Hall–Kier alpha value is -3.41. The lowest BCUT2D eigenvalue weighted by molar-refractivity contribution is 0.0812. The molecule has 0 bridgehead atoms. The average Bonchev–Trinajstić information content (AvgIpc) is 2.74. The zero-order chi connectivity index (χ0) is 18.5. The Balaban J connectivity index is 1.29. The number of nitrogens with one attached hydrogen (secondary N) is 1. The summed E-state index contributed by atoms with van der Waals surface area (Å²) in [5, 5.41) is 2.90. The summed E-state index contributed by atoms with van der Waals surface area (Å²) in [6.07, 6.45) is 5.62. The predicted molar refractivity (Wildman–Crippen MR) is 101 cm³/mol. The molecule has 1 amide bonds. The maximum atomic E-state index is 12.3. The lowest BCUT2D eigenvalue weighted by Gasteiger charge is -2.26. The summed E-state index contributed by atoms with van der Waals surface area (Å²) >= 11 is 0. The molecular weight excluding hydrogens is 342 g/mol. The van der Waals surface area contributed by atoms with Crippen molar-refractivity contribution in [3.05, 3.63) is 72.7 Å². The Morgan fingerprint density at radius 3 is 2.74 bits per heavy atom. The topological polar surface area (TPSA) is 73.3 Å². The normalized spacial score (nSPS) is 15.2. The first-order chi connectivity index (χ1) is 13.3. The third-order valence-electron chi connectivity index (χ3n) is 4.30. The molecule has 1 aromatic carbocycles. The highest BCUT2D eigenvalue weighted by molar-refractivity contribution is 5.94. The van der Waals surface area contributed by atoms with Crippen LogP contribution in [0.2, 0.25) is 0 Å². The molecule has 0 radical (unpaired) electrons. The van der Waals surface area contributed by atoms with Crippen LogP contribution in [0.15, 0.2) is 67.1 Å². The van der Waals surface area contributed by atoms with Crippen molar-refractivity contribution in [3.63, 3.8) is 0 Å². The van der Waals surface area contributed by atoms with Gasteiger partial charge in [-0.25, -0.2) is 0 Å². The second kappa shape index (κ2) is 7.86. The highest BCUT2D eigenvalue weighted by atomic mass is 16.6. The van der Waals surface area contributed by atoms with Gasteiger partial charge in [0.15, 0.2) is 11.5 Å². The van der Waals surface area contributed by atoms with Crippen molar-refractivity contribution in [1.82, 2.24) is 15.3 Å². The number of hydrogen-bond donors (Lipinski definition) is 1. The molecule has 6 nitrogen and oxygen atoms in total. The number of fused-ring (bicyclic) bond motifs is 1. The molecule has 27 heavy (non-hydrogen) atoms. The fourth-order valence-corrected chi connectivity index (χ4v) is 2.87. The van der Waals surface area contributed by atoms with Crippen molar-refractivity contribution in [3.8, 4) is 22.8 Å². The first kappa shape index (κ1) is 17.0. The molecule has 3 aromatic rings. The molecule has 1 atom stereocenters. The Kier molecular flexibility index (Phi) is 4.96. The van der Waals surface area contributed by atoms with E-state index < -0.39 is 0 Å². The lowest BCUT2D eigenvalue weighted by Crippen LogP contribution is -2.34. The molecule has 0 aliphatic carbocycles. The molecule has 0 saturated carbocycles. The monoisotopic (exact) mass is 361 g/mol. The zero-order valence-corrected chi connectivity index (χ0v) is 14.7. The van der Waals surface area contributed by atoms with Crippen LogP contribution < -0.4 is 14.8 Å². The third-order valence-corrected chi connectivity index (χ3v) is 4.30. The van der Waals surface area contributed by atoms with Gasteiger partial charge in [-0.05, 0) is 36.4 Å². The van der Waals surface area contributed by atoms with Crippen LogP contribution in [0.1, 0.15) is 16.8 Å². The summed E-state index contributed by atoms with van der Waals surface area (Å²) in [7, 11) is 0. The van der Waals surface area contributed by atoms with Crippen LogP contribution in [0.4, 0.5) is 0 Å². The van der Waals surface area contributed by atoms with Crippen LogP contribution in [0.5, 0.6) is 11.5 Å². The summed E-state index contributed by atoms with van der Waals surface area (Å²) in [4.78, 5) is 20.7. The van der Waals surface area contributed by atoms with Gasteiger partial charge in [0.2, 0.25) is 0 Å². The summed E-state index contributed by atoms with van der Waals surface area (Å²) in [5.74, 6) is 1.35. The van der Waals surface area contributed by atoms with Gasteiger partial charge in [0.05, 0.1) is 11.3 Å². The van der Waals surface area contributed by atoms with Gasteiger partial charge in [-0.15, -0.1) is 0 Å². The van der Waals surface area contributed by atoms with E-state index in [1.54, 1.807) is 24.7 Å². The lowest BCUT2D eigenvalue weighted by atomic mass is 10.1. The largest absolute Gasteiger partial charge is 0.486 e. The van der Waals surface area contributed by atoms with E-state index in [0.717, 1.165) is 22.8 Å². The molecule has 136 valence electrons. The Morgan fingerprint density at radius 2 is 1.96 bits per heavy atom. The molecule has 0 fully saturated rings. The van der Waals surface area contributed by atoms with E-state index in [-0.39, 0.29) is 12.0 Å². The van der Waals surface area contributed by atoms with Gasteiger partial charge < -0.3 is 14.8 Å². The molecule has 0 unspecified atom stereocenters. The number of ether oxygens (including phenoxy) is 2. The van der Waals surface area contributed by atoms with Gasteiger partial charge in [0.1, 0.15) is 12.7 Å². The molecule has 0 spiro atoms. The van der Waals surface area contributed by atoms with E-state index in [9.17, 15) is 4.79 Å². The summed E-state index contributed by atoms with van der Waals surface area (Å²) < 4.78 is 11.6. The molecule has 6 heteroatoms. The number of aromatic nitrogens is 2. The number of hydrogen-bond acceptors (Lipinski definition) is 5. The minimum absolute atomic E-state index is 0.0775. The molecule has 1 N–H and O–H groups in total.